The molecule has 0 radical (unpaired) electrons. The number of nitrogens with zero attached hydrogens (tertiary/aromatic N) is 2. The molecule has 49 heavy (non-hydrogen) atoms. The van der Waals surface area contributed by atoms with Crippen LogP contribution in [-0.4, -0.2) is 62.2 Å². The second-order valence-corrected chi connectivity index (χ2v) is 13.3. The zero-order chi connectivity index (χ0) is 34.7. The van der Waals surface area contributed by atoms with Gasteiger partial charge in [-0.3, -0.25) is 19.2 Å². The molecule has 1 aliphatic carbocycles. The van der Waals surface area contributed by atoms with Gasteiger partial charge in [-0.15, -0.1) is 0 Å². The number of nitrogens with one attached hydrogen (secondary N) is 2. The van der Waals surface area contributed by atoms with Crippen molar-refractivity contribution in [3.8, 4) is 28.4 Å². The molecule has 1 saturated heterocycles. The van der Waals surface area contributed by atoms with Crippen LogP contribution in [0.4, 0.5) is 5.69 Å². The van der Waals surface area contributed by atoms with Gasteiger partial charge in [-0.05, 0) is 79.0 Å². The number of ether oxygens (including phenoxy) is 3. The van der Waals surface area contributed by atoms with Gasteiger partial charge in [0.15, 0.2) is 11.5 Å². The maximum Gasteiger partial charge on any atom is 0.250 e. The number of piperidine rings is 1. The number of pyridine rings is 1. The highest BCUT2D eigenvalue weighted by molar-refractivity contribution is 5.84. The van der Waals surface area contributed by atoms with Crippen LogP contribution in [-0.2, 0) is 22.6 Å². The van der Waals surface area contributed by atoms with Crippen LogP contribution in [0.5, 0.6) is 17.2 Å². The first-order chi connectivity index (χ1) is 23.7. The van der Waals surface area contributed by atoms with Gasteiger partial charge in [0.2, 0.25) is 23.0 Å². The van der Waals surface area contributed by atoms with E-state index in [1.165, 1.54) is 6.92 Å². The van der Waals surface area contributed by atoms with Gasteiger partial charge in [-0.1, -0.05) is 18.6 Å². The van der Waals surface area contributed by atoms with Crippen molar-refractivity contribution in [1.82, 2.24) is 14.8 Å². The van der Waals surface area contributed by atoms with Crippen molar-refractivity contribution in [2.45, 2.75) is 70.4 Å². The molecule has 260 valence electrons. The minimum atomic E-state index is -0.371. The number of methoxy groups -OCH3 is 3. The third-order valence-corrected chi connectivity index (χ3v) is 10.1. The van der Waals surface area contributed by atoms with E-state index in [1.54, 1.807) is 39.5 Å². The van der Waals surface area contributed by atoms with Crippen LogP contribution in [0.3, 0.4) is 0 Å². The third kappa shape index (κ3) is 7.02. The fraction of sp³-hybridized carbons (Fsp3) is 0.474. The summed E-state index contributed by atoms with van der Waals surface area (Å²) in [7, 11) is 4.72. The van der Waals surface area contributed by atoms with Gasteiger partial charge < -0.3 is 34.3 Å². The summed E-state index contributed by atoms with van der Waals surface area (Å²) in [6.45, 7) is 4.11. The van der Waals surface area contributed by atoms with Crippen molar-refractivity contribution in [2.24, 2.45) is 5.92 Å². The highest BCUT2D eigenvalue weighted by Gasteiger charge is 2.36. The van der Waals surface area contributed by atoms with Crippen LogP contribution in [0.15, 0.2) is 52.1 Å². The molecule has 11 nitrogen and oxygen atoms in total. The zero-order valence-electron chi connectivity index (χ0n) is 28.8. The number of benzene rings is 1. The molecule has 3 aliphatic rings. The average molecular weight is 671 g/mol. The summed E-state index contributed by atoms with van der Waals surface area (Å²) in [5.41, 5.74) is 4.66. The molecule has 1 aromatic heterocycles. The fourth-order valence-corrected chi connectivity index (χ4v) is 7.91. The predicted octanol–water partition coefficient (Wildman–Crippen LogP) is 4.64. The number of carbonyl (C=O) groups is 2. The van der Waals surface area contributed by atoms with Gasteiger partial charge in [0.25, 0.3) is 5.56 Å². The van der Waals surface area contributed by atoms with Crippen molar-refractivity contribution < 1.29 is 23.8 Å². The maximum atomic E-state index is 13.6. The quantitative estimate of drug-likeness (QED) is 0.283. The number of aromatic nitrogens is 1. The van der Waals surface area contributed by atoms with Crippen LogP contribution < -0.4 is 35.8 Å². The first-order valence-corrected chi connectivity index (χ1v) is 17.2. The Hall–Kier alpha value is -4.80. The van der Waals surface area contributed by atoms with E-state index in [0.29, 0.717) is 79.9 Å². The Bertz CT molecular complexity index is 1860. The average Bonchev–Trinajstić information content (AvgIpc) is 3.33. The van der Waals surface area contributed by atoms with Crippen molar-refractivity contribution in [3.63, 3.8) is 0 Å². The Kier molecular flexibility index (Phi) is 10.3. The second-order valence-electron chi connectivity index (χ2n) is 13.3. The molecule has 3 atom stereocenters. The summed E-state index contributed by atoms with van der Waals surface area (Å²) in [6.07, 6.45) is 5.15. The summed E-state index contributed by atoms with van der Waals surface area (Å²) in [5.74, 6) is 2.05. The molecule has 2 N–H and O–H groups in total. The molecule has 3 aromatic rings. The highest BCUT2D eigenvalue weighted by Crippen LogP contribution is 2.50. The molecule has 0 saturated carbocycles. The number of hydrogen-bond acceptors (Lipinski definition) is 8. The van der Waals surface area contributed by atoms with E-state index in [1.807, 2.05) is 33.7 Å². The summed E-state index contributed by atoms with van der Waals surface area (Å²) < 4.78 is 19.0. The molecule has 0 unspecified atom stereocenters. The fourth-order valence-electron chi connectivity index (χ4n) is 7.91. The van der Waals surface area contributed by atoms with Crippen LogP contribution in [0, 0.1) is 5.92 Å². The minimum Gasteiger partial charge on any atom is -0.493 e. The number of likely N-dealkylation sites (tertiary alicyclic amines) is 1. The lowest BCUT2D eigenvalue weighted by Gasteiger charge is -2.42. The third-order valence-electron chi connectivity index (χ3n) is 10.1. The molecule has 6 rings (SSSR count). The normalized spacial score (nSPS) is 19.0. The molecule has 11 heteroatoms. The van der Waals surface area contributed by atoms with Gasteiger partial charge in [0, 0.05) is 62.8 Å². The number of aryl methyl sites for hydroxylation is 1. The van der Waals surface area contributed by atoms with Crippen LogP contribution >= 0.6 is 0 Å². The minimum absolute atomic E-state index is 0.0467. The lowest BCUT2D eigenvalue weighted by molar-refractivity contribution is -0.134. The van der Waals surface area contributed by atoms with Crippen LogP contribution in [0.1, 0.15) is 74.2 Å². The molecule has 2 aromatic carbocycles. The Labute approximate surface area is 286 Å². The lowest BCUT2D eigenvalue weighted by atomic mass is 9.83. The molecular formula is C38H46N4O7. The van der Waals surface area contributed by atoms with Gasteiger partial charge in [0.05, 0.1) is 33.1 Å². The number of rotatable bonds is 11. The number of carbonyl (C=O) groups excluding carboxylic acids is 2. The predicted molar refractivity (Wildman–Crippen MR) is 188 cm³/mol. The molecule has 3 heterocycles. The molecule has 2 aliphatic heterocycles. The van der Waals surface area contributed by atoms with E-state index in [-0.39, 0.29) is 34.8 Å². The number of unbranched alkanes of at least 4 members (excludes halogenated alkanes) is 2. The van der Waals surface area contributed by atoms with Crippen molar-refractivity contribution in [3.05, 3.63) is 79.9 Å². The van der Waals surface area contributed by atoms with Gasteiger partial charge >= 0.3 is 0 Å². The SMILES string of the molecule is COc1cc2c(c(OC)c1OC)-c1ccc(NCCCCCC(=O)N3C[C@H]4C[C@@H](C3)c3cccc(=O)n3C4)c(=O)cc1[C@@H](NC(C)=O)CC2. The summed E-state index contributed by atoms with van der Waals surface area (Å²) >= 11 is 0. The van der Waals surface area contributed by atoms with E-state index < -0.39 is 0 Å². The Morgan fingerprint density at radius 3 is 2.49 bits per heavy atom. The number of hydrogen-bond donors (Lipinski definition) is 2. The van der Waals surface area contributed by atoms with Gasteiger partial charge in [-0.25, -0.2) is 0 Å². The summed E-state index contributed by atoms with van der Waals surface area (Å²) in [4.78, 5) is 53.2. The second kappa shape index (κ2) is 14.8. The van der Waals surface area contributed by atoms with Crippen LogP contribution in [0.25, 0.3) is 11.1 Å². The van der Waals surface area contributed by atoms with Gasteiger partial charge in [-0.2, -0.15) is 0 Å². The summed E-state index contributed by atoms with van der Waals surface area (Å²) in [5, 5.41) is 6.35. The van der Waals surface area contributed by atoms with E-state index in [4.69, 9.17) is 14.2 Å². The largest absolute Gasteiger partial charge is 0.493 e. The first-order valence-electron chi connectivity index (χ1n) is 17.2. The van der Waals surface area contributed by atoms with Crippen LogP contribution in [0.2, 0.25) is 0 Å². The van der Waals surface area contributed by atoms with Crippen molar-refractivity contribution >= 4 is 17.5 Å². The Morgan fingerprint density at radius 2 is 1.73 bits per heavy atom. The lowest BCUT2D eigenvalue weighted by Crippen LogP contribution is -2.49. The van der Waals surface area contributed by atoms with E-state index in [2.05, 4.69) is 10.6 Å². The first kappa shape index (κ1) is 34.1. The highest BCUT2D eigenvalue weighted by atomic mass is 16.5. The smallest absolute Gasteiger partial charge is 0.250 e. The van der Waals surface area contributed by atoms with E-state index in [9.17, 15) is 19.2 Å². The Balaban J connectivity index is 1.11. The number of fused-ring (bicyclic) bond motifs is 7. The topological polar surface area (TPSA) is 128 Å². The zero-order valence-corrected chi connectivity index (χ0v) is 28.8. The van der Waals surface area contributed by atoms with Crippen molar-refractivity contribution in [2.75, 3.05) is 46.3 Å². The molecule has 0 spiro atoms. The Morgan fingerprint density at radius 1 is 0.918 bits per heavy atom. The molecular weight excluding hydrogens is 624 g/mol. The maximum absolute atomic E-state index is 13.6. The number of amides is 2. The molecule has 2 bridgehead atoms. The monoisotopic (exact) mass is 670 g/mol. The number of anilines is 1. The van der Waals surface area contributed by atoms with Crippen molar-refractivity contribution in [1.29, 1.82) is 0 Å². The standard InChI is InChI=1S/C38H46N4O7/c1-23(43)40-29-14-12-25-18-33(47-2)37(48-3)38(49-4)36(25)27-13-15-30(32(44)19-28(27)29)39-16-7-5-6-10-34(45)41-20-24-17-26(22-41)31-9-8-11-35(46)42(31)21-24/h8-9,11,13,15,18-19,24,26,29H,5-7,10,12,14,16-17,20-22H2,1-4H3,(H,39,44)(H,40,43)/t24-,26+,29+/m1/s1. The summed E-state index contributed by atoms with van der Waals surface area (Å²) in [6, 6.07) is 12.3. The molecule has 2 amide bonds. The molecule has 1 fully saturated rings. The van der Waals surface area contributed by atoms with E-state index >= 15 is 0 Å². The van der Waals surface area contributed by atoms with Gasteiger partial charge in [0.1, 0.15) is 0 Å². The van der Waals surface area contributed by atoms with E-state index in [0.717, 1.165) is 48.1 Å².